The molecule has 2 nitrogen and oxygen atoms in total. The number of hydrogen-bond acceptors (Lipinski definition) is 1. The maximum Gasteiger partial charge on any atom is 0.306 e. The Morgan fingerprint density at radius 2 is 2.27 bits per heavy atom. The summed E-state index contributed by atoms with van der Waals surface area (Å²) in [6, 6.07) is 0. The maximum absolute atomic E-state index is 10.7. The van der Waals surface area contributed by atoms with E-state index < -0.39 is 5.97 Å². The SMILES string of the molecule is C[C@H](C(=O)O)C1CCC2CC21. The van der Waals surface area contributed by atoms with Gasteiger partial charge in [-0.1, -0.05) is 6.92 Å². The Morgan fingerprint density at radius 1 is 1.55 bits per heavy atom. The first-order chi connectivity index (χ1) is 5.20. The van der Waals surface area contributed by atoms with E-state index in [1.54, 1.807) is 0 Å². The van der Waals surface area contributed by atoms with Crippen molar-refractivity contribution in [3.8, 4) is 0 Å². The highest BCUT2D eigenvalue weighted by molar-refractivity contribution is 5.70. The van der Waals surface area contributed by atoms with Crippen LogP contribution in [0.1, 0.15) is 26.2 Å². The Hall–Kier alpha value is -0.530. The van der Waals surface area contributed by atoms with Crippen molar-refractivity contribution in [1.82, 2.24) is 0 Å². The first-order valence-electron chi connectivity index (χ1n) is 4.43. The summed E-state index contributed by atoms with van der Waals surface area (Å²) in [5.74, 6) is 1.47. The van der Waals surface area contributed by atoms with E-state index in [-0.39, 0.29) is 5.92 Å². The fourth-order valence-electron chi connectivity index (χ4n) is 2.55. The van der Waals surface area contributed by atoms with Gasteiger partial charge < -0.3 is 5.11 Å². The van der Waals surface area contributed by atoms with Crippen LogP contribution in [0, 0.1) is 23.7 Å². The highest BCUT2D eigenvalue weighted by Gasteiger charge is 2.50. The van der Waals surface area contributed by atoms with Crippen molar-refractivity contribution >= 4 is 5.97 Å². The molecule has 2 aliphatic rings. The summed E-state index contributed by atoms with van der Waals surface area (Å²) >= 11 is 0. The highest BCUT2D eigenvalue weighted by Crippen LogP contribution is 2.57. The van der Waals surface area contributed by atoms with Crippen LogP contribution in [0.4, 0.5) is 0 Å². The minimum atomic E-state index is -0.609. The molecule has 2 aliphatic carbocycles. The Labute approximate surface area is 66.6 Å². The Bertz CT molecular complexity index is 188. The number of hydrogen-bond donors (Lipinski definition) is 1. The second-order valence-corrected chi connectivity index (χ2v) is 4.03. The third-order valence-corrected chi connectivity index (χ3v) is 3.43. The number of rotatable bonds is 2. The van der Waals surface area contributed by atoms with Crippen LogP contribution < -0.4 is 0 Å². The van der Waals surface area contributed by atoms with Crippen LogP contribution in [0.2, 0.25) is 0 Å². The Balaban J connectivity index is 1.99. The first kappa shape index (κ1) is 7.14. The smallest absolute Gasteiger partial charge is 0.306 e. The maximum atomic E-state index is 10.7. The molecule has 0 aliphatic heterocycles. The zero-order valence-electron chi connectivity index (χ0n) is 6.79. The van der Waals surface area contributed by atoms with Crippen LogP contribution in [0.3, 0.4) is 0 Å². The van der Waals surface area contributed by atoms with Gasteiger partial charge in [0.1, 0.15) is 0 Å². The largest absolute Gasteiger partial charge is 0.481 e. The van der Waals surface area contributed by atoms with Crippen LogP contribution in [0.15, 0.2) is 0 Å². The van der Waals surface area contributed by atoms with E-state index in [4.69, 9.17) is 5.11 Å². The van der Waals surface area contributed by atoms with Gasteiger partial charge in [-0.05, 0) is 37.0 Å². The van der Waals surface area contributed by atoms with Gasteiger partial charge in [0, 0.05) is 0 Å². The Morgan fingerprint density at radius 3 is 2.64 bits per heavy atom. The van der Waals surface area contributed by atoms with Gasteiger partial charge in [-0.3, -0.25) is 4.79 Å². The van der Waals surface area contributed by atoms with Crippen molar-refractivity contribution < 1.29 is 9.90 Å². The second-order valence-electron chi connectivity index (χ2n) is 4.03. The molecule has 0 saturated heterocycles. The summed E-state index contributed by atoms with van der Waals surface area (Å²) in [5.41, 5.74) is 0. The lowest BCUT2D eigenvalue weighted by Gasteiger charge is -2.15. The molecule has 0 aromatic carbocycles. The second kappa shape index (κ2) is 2.23. The molecule has 1 N–H and O–H groups in total. The van der Waals surface area contributed by atoms with Gasteiger partial charge in [-0.15, -0.1) is 0 Å². The highest BCUT2D eigenvalue weighted by atomic mass is 16.4. The summed E-state index contributed by atoms with van der Waals surface area (Å²) in [4.78, 5) is 10.7. The van der Waals surface area contributed by atoms with E-state index in [2.05, 4.69) is 0 Å². The number of carboxylic acids is 1. The van der Waals surface area contributed by atoms with Gasteiger partial charge in [0.15, 0.2) is 0 Å². The van der Waals surface area contributed by atoms with E-state index in [9.17, 15) is 4.79 Å². The van der Waals surface area contributed by atoms with Gasteiger partial charge in [0.25, 0.3) is 0 Å². The van der Waals surface area contributed by atoms with Crippen LogP contribution in [0.25, 0.3) is 0 Å². The quantitative estimate of drug-likeness (QED) is 0.658. The average Bonchev–Trinajstić information content (AvgIpc) is 2.62. The lowest BCUT2D eigenvalue weighted by atomic mass is 9.89. The van der Waals surface area contributed by atoms with Gasteiger partial charge in [-0.25, -0.2) is 0 Å². The normalized spacial score (nSPS) is 43.2. The zero-order chi connectivity index (χ0) is 8.01. The molecule has 62 valence electrons. The van der Waals surface area contributed by atoms with Gasteiger partial charge in [0.05, 0.1) is 5.92 Å². The molecular weight excluding hydrogens is 140 g/mol. The van der Waals surface area contributed by atoms with Gasteiger partial charge in [-0.2, -0.15) is 0 Å². The molecule has 11 heavy (non-hydrogen) atoms. The molecule has 2 saturated carbocycles. The summed E-state index contributed by atoms with van der Waals surface area (Å²) in [7, 11) is 0. The van der Waals surface area contributed by atoms with E-state index in [1.165, 1.54) is 12.8 Å². The molecule has 2 fully saturated rings. The van der Waals surface area contributed by atoms with Gasteiger partial charge >= 0.3 is 5.97 Å². The van der Waals surface area contributed by atoms with Crippen molar-refractivity contribution in [1.29, 1.82) is 0 Å². The summed E-state index contributed by atoms with van der Waals surface area (Å²) < 4.78 is 0. The van der Waals surface area contributed by atoms with E-state index in [0.29, 0.717) is 5.92 Å². The van der Waals surface area contributed by atoms with Crippen molar-refractivity contribution in [3.05, 3.63) is 0 Å². The molecule has 4 atom stereocenters. The van der Waals surface area contributed by atoms with Crippen LogP contribution >= 0.6 is 0 Å². The van der Waals surface area contributed by atoms with Crippen LogP contribution in [-0.4, -0.2) is 11.1 Å². The molecule has 2 rings (SSSR count). The molecule has 0 amide bonds. The molecule has 0 aromatic heterocycles. The molecule has 2 heteroatoms. The molecule has 0 aromatic rings. The summed E-state index contributed by atoms with van der Waals surface area (Å²) in [5, 5.41) is 8.78. The molecule has 0 radical (unpaired) electrons. The average molecular weight is 154 g/mol. The topological polar surface area (TPSA) is 37.3 Å². The fourth-order valence-corrected chi connectivity index (χ4v) is 2.55. The number of aliphatic carboxylic acids is 1. The summed E-state index contributed by atoms with van der Waals surface area (Å²) in [6.07, 6.45) is 3.75. The molecule has 3 unspecified atom stereocenters. The van der Waals surface area contributed by atoms with E-state index >= 15 is 0 Å². The zero-order valence-corrected chi connectivity index (χ0v) is 6.79. The van der Waals surface area contributed by atoms with Crippen molar-refractivity contribution in [2.24, 2.45) is 23.7 Å². The lowest BCUT2D eigenvalue weighted by molar-refractivity contribution is -0.143. The van der Waals surface area contributed by atoms with E-state index in [1.807, 2.05) is 6.92 Å². The third kappa shape index (κ3) is 1.05. The van der Waals surface area contributed by atoms with Crippen molar-refractivity contribution in [2.75, 3.05) is 0 Å². The first-order valence-corrected chi connectivity index (χ1v) is 4.43. The molecular formula is C9H14O2. The van der Waals surface area contributed by atoms with E-state index in [0.717, 1.165) is 18.3 Å². The van der Waals surface area contributed by atoms with Crippen LogP contribution in [-0.2, 0) is 4.79 Å². The Kier molecular flexibility index (Phi) is 1.44. The fraction of sp³-hybridized carbons (Fsp3) is 0.889. The summed E-state index contributed by atoms with van der Waals surface area (Å²) in [6.45, 7) is 1.85. The minimum Gasteiger partial charge on any atom is -0.481 e. The number of carbonyl (C=O) groups is 1. The number of fused-ring (bicyclic) bond motifs is 1. The minimum absolute atomic E-state index is 0.104. The standard InChI is InChI=1S/C9H14O2/c1-5(9(10)11)7-3-2-6-4-8(6)7/h5-8H,2-4H2,1H3,(H,10,11)/t5-,6?,7?,8?/m0/s1. The molecule has 0 bridgehead atoms. The van der Waals surface area contributed by atoms with Crippen LogP contribution in [0.5, 0.6) is 0 Å². The third-order valence-electron chi connectivity index (χ3n) is 3.43. The predicted octanol–water partition coefficient (Wildman–Crippen LogP) is 1.75. The van der Waals surface area contributed by atoms with Crippen molar-refractivity contribution in [3.63, 3.8) is 0 Å². The monoisotopic (exact) mass is 154 g/mol. The molecule has 0 heterocycles. The lowest BCUT2D eigenvalue weighted by Crippen LogP contribution is -2.20. The predicted molar refractivity (Wildman–Crippen MR) is 41.1 cm³/mol. The van der Waals surface area contributed by atoms with Crippen molar-refractivity contribution in [2.45, 2.75) is 26.2 Å². The number of carboxylic acid groups (broad SMARTS) is 1. The van der Waals surface area contributed by atoms with Gasteiger partial charge in [0.2, 0.25) is 0 Å². The molecule has 0 spiro atoms.